The molecule has 13 heterocycles. The minimum Gasteiger partial charge on any atom is -0.291 e. The second-order valence-electron chi connectivity index (χ2n) is 38.1. The summed E-state index contributed by atoms with van der Waals surface area (Å²) in [6.07, 6.45) is 0. The van der Waals surface area contributed by atoms with Crippen molar-refractivity contribution in [3.05, 3.63) is 467 Å². The van der Waals surface area contributed by atoms with Crippen LogP contribution in [0.3, 0.4) is 0 Å². The number of fused-ring (bicyclic) bond motifs is 36. The van der Waals surface area contributed by atoms with Crippen molar-refractivity contribution in [2.24, 2.45) is 0 Å². The molecule has 9 nitrogen and oxygen atoms in total. The van der Waals surface area contributed by atoms with Crippen LogP contribution in [0.5, 0.6) is 0 Å². The van der Waals surface area contributed by atoms with Gasteiger partial charge in [0.25, 0.3) is 0 Å². The predicted molar refractivity (Wildman–Crippen MR) is 640 cm³/mol. The lowest BCUT2D eigenvalue weighted by Gasteiger charge is -2.13. The summed E-state index contributed by atoms with van der Waals surface area (Å²) >= 11 is 11.4. The lowest BCUT2D eigenvalue weighted by atomic mass is 10.0. The van der Waals surface area contributed by atoms with E-state index in [2.05, 4.69) is 469 Å². The van der Waals surface area contributed by atoms with Gasteiger partial charge in [-0.1, -0.05) is 406 Å². The molecule has 0 N–H and O–H groups in total. The summed E-state index contributed by atoms with van der Waals surface area (Å²) in [4.78, 5) is 32.2. The number of rotatable bonds is 10. The predicted octanol–water partition coefficient (Wildman–Crippen LogP) is 38.9. The van der Waals surface area contributed by atoms with Crippen LogP contribution in [0, 0.1) is 0 Å². The third kappa shape index (κ3) is 13.8. The molecule has 0 atom stereocenters. The molecular formula is C134H77N9S6. The van der Waals surface area contributed by atoms with Gasteiger partial charge in [0.1, 0.15) is 11.6 Å². The number of nitrogens with zero attached hydrogens (tertiary/aromatic N) is 9. The Morgan fingerprint density at radius 1 is 0.154 bits per heavy atom. The lowest BCUT2D eigenvalue weighted by molar-refractivity contribution is 1.00. The second-order valence-corrected chi connectivity index (χ2v) is 44.3. The molecule has 0 aliphatic rings. The maximum Gasteiger partial charge on any atom is 0.235 e. The molecule has 0 saturated heterocycles. The van der Waals surface area contributed by atoms with Gasteiger partial charge in [0.05, 0.1) is 109 Å². The Labute approximate surface area is 875 Å². The Bertz CT molecular complexity index is 10900. The van der Waals surface area contributed by atoms with E-state index in [1.54, 1.807) is 0 Å². The monoisotopic (exact) mass is 2000 g/mol. The van der Waals surface area contributed by atoms with Crippen molar-refractivity contribution in [2.75, 3.05) is 0 Å². The van der Waals surface area contributed by atoms with Gasteiger partial charge in [0, 0.05) is 107 Å². The van der Waals surface area contributed by atoms with Gasteiger partial charge in [-0.2, -0.15) is 0 Å². The molecule has 33 rings (SSSR count). The van der Waals surface area contributed by atoms with Gasteiger partial charge in [0.15, 0.2) is 5.82 Å². The molecular weight excluding hydrogens is 1930 g/mol. The minimum absolute atomic E-state index is 0.676. The minimum atomic E-state index is 0.676. The Morgan fingerprint density at radius 2 is 0.470 bits per heavy atom. The fraction of sp³-hybridized carbons (Fsp3) is 0. The number of benzene rings is 20. The summed E-state index contributed by atoms with van der Waals surface area (Å²) in [6.45, 7) is 0. The third-order valence-corrected chi connectivity index (χ3v) is 37.1. The van der Waals surface area contributed by atoms with Crippen molar-refractivity contribution in [3.8, 4) is 96.3 Å². The van der Waals surface area contributed by atoms with E-state index in [1.165, 1.54) is 192 Å². The van der Waals surface area contributed by atoms with Crippen molar-refractivity contribution >= 4 is 276 Å². The summed E-state index contributed by atoms with van der Waals surface area (Å²) in [5, 5.41) is 25.0. The van der Waals surface area contributed by atoms with Crippen LogP contribution in [0.1, 0.15) is 0 Å². The van der Waals surface area contributed by atoms with Crippen molar-refractivity contribution in [1.29, 1.82) is 0 Å². The molecule has 0 radical (unpaired) electrons. The largest absolute Gasteiger partial charge is 0.291 e. The van der Waals surface area contributed by atoms with Gasteiger partial charge >= 0.3 is 0 Å². The maximum atomic E-state index is 5.49. The number of aromatic nitrogens is 9. The molecule has 15 heteroatoms. The van der Waals surface area contributed by atoms with Crippen molar-refractivity contribution in [2.45, 2.75) is 0 Å². The molecule has 0 amide bonds. The van der Waals surface area contributed by atoms with Crippen molar-refractivity contribution in [3.63, 3.8) is 0 Å². The average molecular weight is 2010 g/mol. The molecule has 149 heavy (non-hydrogen) atoms. The zero-order valence-corrected chi connectivity index (χ0v) is 84.3. The van der Waals surface area contributed by atoms with E-state index in [0.717, 1.165) is 101 Å². The van der Waals surface area contributed by atoms with E-state index >= 15 is 0 Å². The molecule has 0 fully saturated rings. The molecule has 694 valence electrons. The third-order valence-electron chi connectivity index (χ3n) is 29.6. The van der Waals surface area contributed by atoms with Crippen LogP contribution < -0.4 is 0 Å². The Balaban J connectivity index is 0.000000101. The van der Waals surface area contributed by atoms with E-state index in [0.29, 0.717) is 11.8 Å². The van der Waals surface area contributed by atoms with Gasteiger partial charge in [0.2, 0.25) is 5.95 Å². The molecule has 0 bridgehead atoms. The van der Waals surface area contributed by atoms with Gasteiger partial charge in [-0.05, 0) is 125 Å². The van der Waals surface area contributed by atoms with E-state index in [-0.39, 0.29) is 0 Å². The first-order valence-electron chi connectivity index (χ1n) is 49.9. The smallest absolute Gasteiger partial charge is 0.235 e. The van der Waals surface area contributed by atoms with Crippen LogP contribution >= 0.6 is 68.0 Å². The maximum absolute atomic E-state index is 5.49. The molecule has 0 aliphatic heterocycles. The van der Waals surface area contributed by atoms with Gasteiger partial charge in [-0.3, -0.25) is 13.7 Å². The highest BCUT2D eigenvalue weighted by Gasteiger charge is 2.31. The fourth-order valence-electron chi connectivity index (χ4n) is 22.7. The highest BCUT2D eigenvalue weighted by Crippen LogP contribution is 2.56. The number of thiophene rings is 6. The van der Waals surface area contributed by atoms with Crippen LogP contribution in [0.2, 0.25) is 0 Å². The lowest BCUT2D eigenvalue weighted by Crippen LogP contribution is -2.04. The van der Waals surface area contributed by atoms with Crippen LogP contribution in [-0.4, -0.2) is 43.6 Å². The van der Waals surface area contributed by atoms with Crippen molar-refractivity contribution in [1.82, 2.24) is 43.6 Å². The quantitative estimate of drug-likeness (QED) is 0.127. The first-order valence-corrected chi connectivity index (χ1v) is 54.8. The molecule has 0 aliphatic carbocycles. The van der Waals surface area contributed by atoms with E-state index in [9.17, 15) is 0 Å². The number of hydrogen-bond donors (Lipinski definition) is 0. The van der Waals surface area contributed by atoms with Gasteiger partial charge in [-0.15, -0.1) is 68.0 Å². The zero-order chi connectivity index (χ0) is 97.6. The molecule has 0 saturated carbocycles. The normalized spacial score (nSPS) is 12.0. The Kier molecular flexibility index (Phi) is 19.7. The molecule has 0 spiro atoms. The average Bonchev–Trinajstić information content (AvgIpc) is 1.54. The molecule has 13 aromatic heterocycles. The van der Waals surface area contributed by atoms with E-state index < -0.39 is 0 Å². The molecule has 0 unspecified atom stereocenters. The number of hydrogen-bond acceptors (Lipinski definition) is 12. The first kappa shape index (κ1) is 85.5. The van der Waals surface area contributed by atoms with Crippen LogP contribution in [0.4, 0.5) is 0 Å². The summed E-state index contributed by atoms with van der Waals surface area (Å²) < 4.78 is 23.0. The van der Waals surface area contributed by atoms with Gasteiger partial charge < -0.3 is 0 Å². The topological polar surface area (TPSA) is 92.1 Å². The van der Waals surface area contributed by atoms with Crippen LogP contribution in [0.25, 0.3) is 305 Å². The summed E-state index contributed by atoms with van der Waals surface area (Å²) in [7, 11) is 0. The zero-order valence-electron chi connectivity index (χ0n) is 79.4. The van der Waals surface area contributed by atoms with Crippen LogP contribution in [0.15, 0.2) is 467 Å². The number of pyridine rings is 2. The highest BCUT2D eigenvalue weighted by molar-refractivity contribution is 7.38. The second kappa shape index (κ2) is 34.4. The Hall–Kier alpha value is -17.9. The standard InChI is InChI=1S/2C46H27N3S2.C42H23N3S2/c1-3-12-28(13-4-1)32-18-11-19-33(26-32)37-27-39(48-46(47-37)31-16-5-2-6-17-31)49-41-35-21-10-8-15-30(35)22-24-36(41)43-42(49)45-44(51-43)40-34-20-9-7-14-29(34)23-25-38(40)50-45;1-3-12-28(13-4-1)32-18-11-19-33(26-32)38-27-37(31-16-5-2-6-17-31)47-46(48-38)49-41-35-21-10-8-15-30(35)22-24-36(41)43-42(49)45-44(51-43)40-34-20-9-7-14-29(34)23-25-39(40)50-45;1-2-10-26(11-3-1)32-21-17-27-14-15-28-19-23-34(44-37(28)36(27)43-32)45-38-30-13-7-5-9-25(30)16-20-31(38)40-39(45)42-41(47-40)35-29-12-6-4-8-24(29)18-22-33(35)46-42/h2*1-27H;1-23H. The van der Waals surface area contributed by atoms with E-state index in [1.807, 2.05) is 80.2 Å². The van der Waals surface area contributed by atoms with Gasteiger partial charge in [-0.25, -0.2) is 29.9 Å². The van der Waals surface area contributed by atoms with Crippen LogP contribution in [-0.2, 0) is 0 Å². The SMILES string of the molecule is c1ccc(-c2ccc3ccc4ccc(-n5c6c7ccccc7ccc6c6sc7c(sc8ccc9ccccc9c87)c65)nc4c3n2)cc1.c1ccc(-c2cccc(-c3cc(-c4ccccc4)nc(-n4c5c6ccccc6ccc5c5sc6c(sc7ccc8ccccc8c76)c54)n3)c2)cc1.c1ccc(-c2cccc(-c3cc(-n4c5c6ccccc6ccc5c5sc6c(sc7ccc8ccccc8c76)c54)nc(-c4ccccc4)n3)c2)cc1. The summed E-state index contributed by atoms with van der Waals surface area (Å²) in [5.74, 6) is 3.16. The van der Waals surface area contributed by atoms with E-state index in [4.69, 9.17) is 29.9 Å². The molecule has 20 aromatic carbocycles. The highest BCUT2D eigenvalue weighted by atomic mass is 32.1. The summed E-state index contributed by atoms with van der Waals surface area (Å²) in [5.41, 5.74) is 22.6. The Morgan fingerprint density at radius 3 is 0.913 bits per heavy atom. The fourth-order valence-corrected chi connectivity index (χ4v) is 31.2. The molecule has 33 aromatic rings. The summed E-state index contributed by atoms with van der Waals surface area (Å²) in [6, 6.07) is 167. The first-order chi connectivity index (χ1) is 73.9. The van der Waals surface area contributed by atoms with Crippen molar-refractivity contribution < 1.29 is 0 Å².